The quantitative estimate of drug-likeness (QED) is 0.452. The molecule has 1 aromatic carbocycles. The van der Waals surface area contributed by atoms with Crippen LogP contribution in [0.5, 0.6) is 5.75 Å². The average Bonchev–Trinajstić information content (AvgIpc) is 3.50. The smallest absolute Gasteiger partial charge is 0.266 e. The van der Waals surface area contributed by atoms with E-state index in [0.717, 1.165) is 41.8 Å². The van der Waals surface area contributed by atoms with Crippen LogP contribution in [0.2, 0.25) is 0 Å². The third-order valence-corrected chi connectivity index (χ3v) is 6.43. The van der Waals surface area contributed by atoms with Crippen LogP contribution in [0.4, 0.5) is 5.82 Å². The summed E-state index contributed by atoms with van der Waals surface area (Å²) >= 11 is 1.54. The summed E-state index contributed by atoms with van der Waals surface area (Å²) in [7, 11) is 0. The number of aromatic amines is 1. The third-order valence-electron chi connectivity index (χ3n) is 5.54. The molecule has 9 heteroatoms. The second-order valence-corrected chi connectivity index (χ2v) is 8.84. The van der Waals surface area contributed by atoms with Gasteiger partial charge in [0.05, 0.1) is 10.6 Å². The molecule has 0 saturated heterocycles. The fourth-order valence-electron chi connectivity index (χ4n) is 3.85. The Kier molecular flexibility index (Phi) is 5.78. The van der Waals surface area contributed by atoms with Gasteiger partial charge in [-0.15, -0.1) is 11.3 Å². The van der Waals surface area contributed by atoms with Gasteiger partial charge in [0.1, 0.15) is 17.3 Å². The van der Waals surface area contributed by atoms with Crippen LogP contribution in [-0.4, -0.2) is 31.8 Å². The van der Waals surface area contributed by atoms with Crippen LogP contribution in [0.3, 0.4) is 0 Å². The summed E-state index contributed by atoms with van der Waals surface area (Å²) < 4.78 is 7.24. The summed E-state index contributed by atoms with van der Waals surface area (Å²) in [6, 6.07) is 14.8. The topological polar surface area (TPSA) is 102 Å². The van der Waals surface area contributed by atoms with E-state index in [9.17, 15) is 9.59 Å². The number of nitrogens with zero attached hydrogens (tertiary/aromatic N) is 3. The highest BCUT2D eigenvalue weighted by Gasteiger charge is 2.22. The molecule has 1 aliphatic carbocycles. The number of amides is 1. The van der Waals surface area contributed by atoms with Gasteiger partial charge in [0.15, 0.2) is 6.10 Å². The van der Waals surface area contributed by atoms with Crippen LogP contribution < -0.4 is 15.6 Å². The summed E-state index contributed by atoms with van der Waals surface area (Å²) in [5.74, 6) is 0.966. The van der Waals surface area contributed by atoms with Crippen molar-refractivity contribution in [3.63, 3.8) is 0 Å². The Morgan fingerprint density at radius 1 is 1.18 bits per heavy atom. The van der Waals surface area contributed by atoms with Gasteiger partial charge in [-0.3, -0.25) is 14.6 Å². The molecule has 1 aliphatic rings. The number of nitrogens with one attached hydrogen (secondary N) is 2. The molecule has 168 valence electrons. The molecular weight excluding hydrogens is 438 g/mol. The molecule has 8 nitrogen and oxygen atoms in total. The molecular formula is C24H23N5O3S. The molecule has 1 amide bonds. The van der Waals surface area contributed by atoms with Crippen LogP contribution in [0.25, 0.3) is 16.5 Å². The zero-order valence-corrected chi connectivity index (χ0v) is 18.9. The van der Waals surface area contributed by atoms with Gasteiger partial charge < -0.3 is 10.1 Å². The molecule has 1 unspecified atom stereocenters. The molecule has 3 heterocycles. The van der Waals surface area contributed by atoms with Crippen molar-refractivity contribution in [2.24, 2.45) is 0 Å². The lowest BCUT2D eigenvalue weighted by atomic mass is 9.97. The van der Waals surface area contributed by atoms with Crippen molar-refractivity contribution in [3.8, 4) is 22.3 Å². The average molecular weight is 462 g/mol. The molecule has 1 atom stereocenters. The van der Waals surface area contributed by atoms with Gasteiger partial charge in [-0.25, -0.2) is 4.98 Å². The normalized spacial score (nSPS) is 13.8. The standard InChI is InChI=1S/C24H23N5O3S/c1-15(32-16-8-3-2-4-9-16)22(30)26-21-14-19(20-12-7-13-33-20)28-29(21)24-25-18-11-6-5-10-17(18)23(31)27-24/h2-4,7-9,12-15H,5-6,10-11H2,1H3,(H,26,30)(H,25,27,31). The van der Waals surface area contributed by atoms with Crippen molar-refractivity contribution < 1.29 is 9.53 Å². The van der Waals surface area contributed by atoms with Crippen LogP contribution in [0.15, 0.2) is 58.7 Å². The summed E-state index contributed by atoms with van der Waals surface area (Å²) in [5.41, 5.74) is 2.07. The number of para-hydroxylation sites is 1. The van der Waals surface area contributed by atoms with Crippen molar-refractivity contribution in [2.75, 3.05) is 5.32 Å². The van der Waals surface area contributed by atoms with Gasteiger partial charge in [0.2, 0.25) is 5.95 Å². The van der Waals surface area contributed by atoms with E-state index in [1.54, 1.807) is 36.5 Å². The molecule has 2 N–H and O–H groups in total. The Morgan fingerprint density at radius 3 is 2.79 bits per heavy atom. The number of fused-ring (bicyclic) bond motifs is 1. The second-order valence-electron chi connectivity index (χ2n) is 7.89. The number of rotatable bonds is 6. The lowest BCUT2D eigenvalue weighted by molar-refractivity contribution is -0.122. The number of ether oxygens (including phenoxy) is 1. The number of benzene rings is 1. The summed E-state index contributed by atoms with van der Waals surface area (Å²) in [4.78, 5) is 34.1. The summed E-state index contributed by atoms with van der Waals surface area (Å²) in [5, 5.41) is 9.50. The van der Waals surface area contributed by atoms with E-state index >= 15 is 0 Å². The Hall–Kier alpha value is -3.72. The van der Waals surface area contributed by atoms with Crippen molar-refractivity contribution in [1.82, 2.24) is 19.7 Å². The molecule has 3 aromatic heterocycles. The van der Waals surface area contributed by atoms with Crippen molar-refractivity contribution in [1.29, 1.82) is 0 Å². The fraction of sp³-hybridized carbons (Fsp3) is 0.250. The number of thiophene rings is 1. The predicted molar refractivity (Wildman–Crippen MR) is 127 cm³/mol. The maximum Gasteiger partial charge on any atom is 0.266 e. The maximum absolute atomic E-state index is 12.9. The molecule has 0 spiro atoms. The van der Waals surface area contributed by atoms with E-state index in [4.69, 9.17) is 4.74 Å². The van der Waals surface area contributed by atoms with E-state index in [2.05, 4.69) is 20.4 Å². The molecule has 0 radical (unpaired) electrons. The van der Waals surface area contributed by atoms with Crippen molar-refractivity contribution in [3.05, 3.63) is 75.5 Å². The van der Waals surface area contributed by atoms with Crippen molar-refractivity contribution in [2.45, 2.75) is 38.7 Å². The summed E-state index contributed by atoms with van der Waals surface area (Å²) in [6.07, 6.45) is 2.74. The van der Waals surface area contributed by atoms with Gasteiger partial charge in [-0.2, -0.15) is 9.78 Å². The van der Waals surface area contributed by atoms with Gasteiger partial charge in [0, 0.05) is 11.6 Å². The third kappa shape index (κ3) is 4.45. The van der Waals surface area contributed by atoms with Gasteiger partial charge in [-0.1, -0.05) is 24.3 Å². The first-order valence-electron chi connectivity index (χ1n) is 10.9. The highest BCUT2D eigenvalue weighted by molar-refractivity contribution is 7.13. The number of hydrogen-bond acceptors (Lipinski definition) is 6. The van der Waals surface area contributed by atoms with E-state index in [-0.39, 0.29) is 17.4 Å². The minimum Gasteiger partial charge on any atom is -0.481 e. The number of anilines is 1. The zero-order valence-electron chi connectivity index (χ0n) is 18.1. The largest absolute Gasteiger partial charge is 0.481 e. The first-order valence-corrected chi connectivity index (χ1v) is 11.8. The summed E-state index contributed by atoms with van der Waals surface area (Å²) in [6.45, 7) is 1.68. The van der Waals surface area contributed by atoms with Gasteiger partial charge in [-0.05, 0) is 56.2 Å². The number of carbonyl (C=O) groups is 1. The lowest BCUT2D eigenvalue weighted by Crippen LogP contribution is -2.31. The lowest BCUT2D eigenvalue weighted by Gasteiger charge is -2.16. The van der Waals surface area contributed by atoms with Gasteiger partial charge in [0.25, 0.3) is 11.5 Å². The highest BCUT2D eigenvalue weighted by Crippen LogP contribution is 2.28. The van der Waals surface area contributed by atoms with Crippen LogP contribution in [0.1, 0.15) is 31.0 Å². The van der Waals surface area contributed by atoms with Crippen LogP contribution in [-0.2, 0) is 17.6 Å². The van der Waals surface area contributed by atoms with E-state index in [1.807, 2.05) is 35.7 Å². The first kappa shape index (κ1) is 21.1. The number of aromatic nitrogens is 4. The van der Waals surface area contributed by atoms with E-state index < -0.39 is 6.10 Å². The molecule has 0 aliphatic heterocycles. The Bertz CT molecular complexity index is 1330. The molecule has 33 heavy (non-hydrogen) atoms. The second kappa shape index (κ2) is 9.03. The molecule has 5 rings (SSSR count). The van der Waals surface area contributed by atoms with Crippen molar-refractivity contribution >= 4 is 23.1 Å². The Morgan fingerprint density at radius 2 is 2.00 bits per heavy atom. The zero-order chi connectivity index (χ0) is 22.8. The SMILES string of the molecule is CC(Oc1ccccc1)C(=O)Nc1cc(-c2cccs2)nn1-c1nc2c(c(=O)[nH]1)CCCC2. The number of carbonyl (C=O) groups excluding carboxylic acids is 1. The molecule has 0 fully saturated rings. The highest BCUT2D eigenvalue weighted by atomic mass is 32.1. The molecule has 0 saturated carbocycles. The monoisotopic (exact) mass is 461 g/mol. The number of hydrogen-bond donors (Lipinski definition) is 2. The number of aryl methyl sites for hydroxylation is 1. The minimum atomic E-state index is -0.739. The maximum atomic E-state index is 12.9. The Balaban J connectivity index is 1.48. The van der Waals surface area contributed by atoms with Crippen LogP contribution in [0, 0.1) is 0 Å². The molecule has 0 bridgehead atoms. The minimum absolute atomic E-state index is 0.152. The first-order chi connectivity index (χ1) is 16.1. The van der Waals surface area contributed by atoms with Gasteiger partial charge >= 0.3 is 0 Å². The molecule has 4 aromatic rings. The predicted octanol–water partition coefficient (Wildman–Crippen LogP) is 3.97. The number of H-pyrrole nitrogens is 1. The van der Waals surface area contributed by atoms with E-state index in [1.165, 1.54) is 4.68 Å². The fourth-order valence-corrected chi connectivity index (χ4v) is 4.53. The van der Waals surface area contributed by atoms with Crippen LogP contribution >= 0.6 is 11.3 Å². The Labute approximate surface area is 194 Å². The van der Waals surface area contributed by atoms with E-state index in [0.29, 0.717) is 17.3 Å².